The minimum Gasteiger partial charge on any atom is -0.507 e. The van der Waals surface area contributed by atoms with E-state index in [-0.39, 0.29) is 23.6 Å². The van der Waals surface area contributed by atoms with Crippen molar-refractivity contribution < 1.29 is 24.4 Å². The molecule has 0 saturated carbocycles. The van der Waals surface area contributed by atoms with Crippen LogP contribution in [-0.4, -0.2) is 65.3 Å². The second-order valence-electron chi connectivity index (χ2n) is 8.37. The second-order valence-corrected chi connectivity index (χ2v) is 8.37. The van der Waals surface area contributed by atoms with E-state index in [0.717, 1.165) is 6.42 Å². The number of aliphatic hydroxyl groups is 1. The van der Waals surface area contributed by atoms with Gasteiger partial charge in [-0.25, -0.2) is 0 Å². The Morgan fingerprint density at radius 2 is 1.88 bits per heavy atom. The molecule has 0 unspecified atom stereocenters. The molecule has 1 atom stereocenters. The molecule has 0 aromatic heterocycles. The molecule has 2 aromatic rings. The zero-order valence-corrected chi connectivity index (χ0v) is 19.6. The number of nitrogens with zero attached hydrogens (tertiary/aromatic N) is 3. The zero-order valence-electron chi connectivity index (χ0n) is 19.6. The summed E-state index contributed by atoms with van der Waals surface area (Å²) in [6.45, 7) is 3.49. The highest BCUT2D eigenvalue weighted by Crippen LogP contribution is 2.40. The molecule has 1 amide bonds. The first-order valence-corrected chi connectivity index (χ1v) is 11.1. The lowest BCUT2D eigenvalue weighted by Gasteiger charge is -2.25. The van der Waals surface area contributed by atoms with Gasteiger partial charge in [0.25, 0.3) is 17.4 Å². The molecular weight excluding hydrogens is 438 g/mol. The smallest absolute Gasteiger partial charge is 0.295 e. The topological polar surface area (TPSA) is 113 Å². The Balaban J connectivity index is 2.07. The van der Waals surface area contributed by atoms with Crippen molar-refractivity contribution in [3.8, 4) is 5.75 Å². The molecular formula is C25H29N3O6. The number of aliphatic hydroxyl groups excluding tert-OH is 1. The fourth-order valence-corrected chi connectivity index (χ4v) is 3.91. The molecule has 1 N–H and O–H groups in total. The number of Topliss-reactive ketones (excluding diaryl/α,β-unsaturated/α-hetero) is 1. The molecule has 3 rings (SSSR count). The van der Waals surface area contributed by atoms with E-state index in [9.17, 15) is 24.8 Å². The van der Waals surface area contributed by atoms with E-state index in [2.05, 4.69) is 0 Å². The fourth-order valence-electron chi connectivity index (χ4n) is 3.91. The van der Waals surface area contributed by atoms with Crippen LogP contribution >= 0.6 is 0 Å². The lowest BCUT2D eigenvalue weighted by Crippen LogP contribution is -2.32. The predicted molar refractivity (Wildman–Crippen MR) is 128 cm³/mol. The van der Waals surface area contributed by atoms with Crippen molar-refractivity contribution in [2.45, 2.75) is 25.8 Å². The molecule has 0 radical (unpaired) electrons. The van der Waals surface area contributed by atoms with Crippen LogP contribution in [0.15, 0.2) is 54.1 Å². The Bertz CT molecular complexity index is 1090. The number of ether oxygens (including phenoxy) is 1. The van der Waals surface area contributed by atoms with Crippen LogP contribution < -0.4 is 4.74 Å². The van der Waals surface area contributed by atoms with Gasteiger partial charge < -0.3 is 19.6 Å². The Morgan fingerprint density at radius 3 is 2.50 bits per heavy atom. The monoisotopic (exact) mass is 467 g/mol. The van der Waals surface area contributed by atoms with Crippen molar-refractivity contribution in [1.82, 2.24) is 9.80 Å². The number of likely N-dealkylation sites (tertiary alicyclic amines) is 1. The highest BCUT2D eigenvalue weighted by atomic mass is 16.6. The molecule has 1 aliphatic rings. The van der Waals surface area contributed by atoms with Gasteiger partial charge in [0.15, 0.2) is 0 Å². The zero-order chi connectivity index (χ0) is 24.8. The molecule has 1 aliphatic heterocycles. The van der Waals surface area contributed by atoms with Gasteiger partial charge in [-0.1, -0.05) is 19.1 Å². The van der Waals surface area contributed by atoms with Gasteiger partial charge in [-0.15, -0.1) is 0 Å². The summed E-state index contributed by atoms with van der Waals surface area (Å²) in [4.78, 5) is 40.2. The molecule has 1 saturated heterocycles. The second kappa shape index (κ2) is 10.9. The maximum atomic E-state index is 13.1. The summed E-state index contributed by atoms with van der Waals surface area (Å²) in [5, 5.41) is 22.5. The van der Waals surface area contributed by atoms with Gasteiger partial charge in [-0.05, 0) is 63.3 Å². The van der Waals surface area contributed by atoms with Crippen LogP contribution in [0.1, 0.15) is 36.9 Å². The summed E-state index contributed by atoms with van der Waals surface area (Å²) < 4.78 is 5.57. The first-order valence-electron chi connectivity index (χ1n) is 11.1. The lowest BCUT2D eigenvalue weighted by atomic mass is 9.95. The number of carbonyl (C=O) groups excluding carboxylic acids is 2. The molecule has 0 spiro atoms. The Kier molecular flexibility index (Phi) is 8.01. The van der Waals surface area contributed by atoms with Crippen LogP contribution in [0.5, 0.6) is 5.75 Å². The van der Waals surface area contributed by atoms with E-state index in [4.69, 9.17) is 4.74 Å². The van der Waals surface area contributed by atoms with E-state index in [1.165, 1.54) is 23.1 Å². The number of nitro benzene ring substituents is 1. The molecule has 2 aromatic carbocycles. The van der Waals surface area contributed by atoms with Crippen LogP contribution in [-0.2, 0) is 9.59 Å². The van der Waals surface area contributed by atoms with Gasteiger partial charge >= 0.3 is 0 Å². The predicted octanol–water partition coefficient (Wildman–Crippen LogP) is 3.76. The maximum Gasteiger partial charge on any atom is 0.295 e. The number of hydrogen-bond donors (Lipinski definition) is 1. The van der Waals surface area contributed by atoms with E-state index in [1.54, 1.807) is 30.3 Å². The fraction of sp³-hybridized carbons (Fsp3) is 0.360. The van der Waals surface area contributed by atoms with Crippen molar-refractivity contribution in [2.75, 3.05) is 33.8 Å². The average Bonchev–Trinajstić information content (AvgIpc) is 3.07. The first-order chi connectivity index (χ1) is 16.2. The molecule has 34 heavy (non-hydrogen) atoms. The summed E-state index contributed by atoms with van der Waals surface area (Å²) >= 11 is 0. The maximum absolute atomic E-state index is 13.1. The Morgan fingerprint density at radius 1 is 1.18 bits per heavy atom. The number of hydrogen-bond acceptors (Lipinski definition) is 7. The standard InChI is InChI=1S/C25H29N3O6/c1-4-15-34-20-11-9-17(10-12-20)23(29)21-22(18-7-5-8-19(16-18)28(32)33)27(25(31)24(21)30)14-6-13-26(2)3/h5,7-12,16,22,29H,4,6,13-15H2,1-3H3/t22-/m1/s1. The number of rotatable bonds is 10. The van der Waals surface area contributed by atoms with Gasteiger partial charge in [0.1, 0.15) is 11.5 Å². The average molecular weight is 468 g/mol. The molecule has 1 heterocycles. The van der Waals surface area contributed by atoms with Gasteiger partial charge in [0.05, 0.1) is 23.1 Å². The summed E-state index contributed by atoms with van der Waals surface area (Å²) in [6.07, 6.45) is 1.44. The molecule has 0 aliphatic carbocycles. The summed E-state index contributed by atoms with van der Waals surface area (Å²) in [5.41, 5.74) is 0.500. The van der Waals surface area contributed by atoms with E-state index in [1.807, 2.05) is 25.9 Å². The molecule has 1 fully saturated rings. The largest absolute Gasteiger partial charge is 0.507 e. The third-order valence-electron chi connectivity index (χ3n) is 5.54. The van der Waals surface area contributed by atoms with Crippen LogP contribution in [0.2, 0.25) is 0 Å². The SMILES string of the molecule is CCCOc1ccc(C(O)=C2C(=O)C(=O)N(CCCN(C)C)[C@@H]2c2cccc([N+](=O)[O-])c2)cc1. The van der Waals surface area contributed by atoms with Crippen molar-refractivity contribution in [3.05, 3.63) is 75.3 Å². The number of carbonyl (C=O) groups is 2. The van der Waals surface area contributed by atoms with Gasteiger partial charge in [0, 0.05) is 24.2 Å². The van der Waals surface area contributed by atoms with E-state index < -0.39 is 22.7 Å². The van der Waals surface area contributed by atoms with E-state index in [0.29, 0.717) is 36.4 Å². The number of ketones is 1. The Hall–Kier alpha value is -3.72. The first kappa shape index (κ1) is 24.9. The molecule has 9 nitrogen and oxygen atoms in total. The number of amides is 1. The summed E-state index contributed by atoms with van der Waals surface area (Å²) in [5.74, 6) is -1.25. The van der Waals surface area contributed by atoms with Crippen molar-refractivity contribution in [2.24, 2.45) is 0 Å². The quantitative estimate of drug-likeness (QED) is 0.186. The minimum absolute atomic E-state index is 0.0856. The number of non-ortho nitro benzene ring substituents is 1. The molecule has 9 heteroatoms. The summed E-state index contributed by atoms with van der Waals surface area (Å²) in [6, 6.07) is 11.5. The van der Waals surface area contributed by atoms with Crippen LogP contribution in [0, 0.1) is 10.1 Å². The normalized spacial score (nSPS) is 17.4. The van der Waals surface area contributed by atoms with Gasteiger partial charge in [-0.2, -0.15) is 0 Å². The van der Waals surface area contributed by atoms with Crippen molar-refractivity contribution >= 4 is 23.1 Å². The van der Waals surface area contributed by atoms with Gasteiger partial charge in [-0.3, -0.25) is 19.7 Å². The third kappa shape index (κ3) is 5.43. The lowest BCUT2D eigenvalue weighted by molar-refractivity contribution is -0.384. The Labute approximate surface area is 198 Å². The van der Waals surface area contributed by atoms with Crippen molar-refractivity contribution in [1.29, 1.82) is 0 Å². The van der Waals surface area contributed by atoms with Crippen LogP contribution in [0.25, 0.3) is 5.76 Å². The molecule has 0 bridgehead atoms. The van der Waals surface area contributed by atoms with Gasteiger partial charge in [0.2, 0.25) is 0 Å². The molecule has 180 valence electrons. The highest BCUT2D eigenvalue weighted by molar-refractivity contribution is 6.46. The third-order valence-corrected chi connectivity index (χ3v) is 5.54. The van der Waals surface area contributed by atoms with Crippen LogP contribution in [0.4, 0.5) is 5.69 Å². The van der Waals surface area contributed by atoms with Crippen molar-refractivity contribution in [3.63, 3.8) is 0 Å². The van der Waals surface area contributed by atoms with Crippen LogP contribution in [0.3, 0.4) is 0 Å². The number of nitro groups is 1. The number of benzene rings is 2. The summed E-state index contributed by atoms with van der Waals surface area (Å²) in [7, 11) is 3.81. The minimum atomic E-state index is -0.932. The highest BCUT2D eigenvalue weighted by Gasteiger charge is 2.46. The van der Waals surface area contributed by atoms with E-state index >= 15 is 0 Å².